The molecule has 2 heteroatoms. The molecule has 0 aromatic heterocycles. The minimum atomic E-state index is 1.11. The van der Waals surface area contributed by atoms with Crippen molar-refractivity contribution in [1.29, 1.82) is 0 Å². The number of allylic oxidation sites excluding steroid dienone is 2. The third-order valence-corrected chi connectivity index (χ3v) is 4.05. The van der Waals surface area contributed by atoms with Crippen molar-refractivity contribution in [1.82, 2.24) is 0 Å². The van der Waals surface area contributed by atoms with Crippen LogP contribution in [0.5, 0.6) is 0 Å². The van der Waals surface area contributed by atoms with Crippen molar-refractivity contribution in [3.05, 3.63) is 10.2 Å². The zero-order valence-electron chi connectivity index (χ0n) is 8.62. The molecule has 72 valence electrons. The van der Waals surface area contributed by atoms with E-state index in [4.69, 9.17) is 11.6 Å². The number of hydrogen-bond acceptors (Lipinski definition) is 0. The third kappa shape index (κ3) is 5.84. The third-order valence-electron chi connectivity index (χ3n) is 2.12. The summed E-state index contributed by atoms with van der Waals surface area (Å²) in [6.45, 7) is 4.44. The molecule has 0 N–H and O–H groups in total. The lowest BCUT2D eigenvalue weighted by molar-refractivity contribution is 0.780. The van der Waals surface area contributed by atoms with E-state index in [1.807, 2.05) is 0 Å². The highest BCUT2D eigenvalue weighted by molar-refractivity contribution is 6.36. The van der Waals surface area contributed by atoms with Gasteiger partial charge in [0.15, 0.2) is 0 Å². The topological polar surface area (TPSA) is 0 Å². The minimum absolute atomic E-state index is 1.11. The van der Waals surface area contributed by atoms with Crippen LogP contribution in [0.3, 0.4) is 0 Å². The lowest BCUT2D eigenvalue weighted by Gasteiger charge is -2.04. The largest absolute Gasteiger partial charge is 0.0897 e. The molecule has 0 aliphatic carbocycles. The van der Waals surface area contributed by atoms with E-state index in [0.717, 1.165) is 21.7 Å². The molecule has 0 aliphatic heterocycles. The van der Waals surface area contributed by atoms with Crippen molar-refractivity contribution in [2.24, 2.45) is 0 Å². The number of rotatable bonds is 6. The van der Waals surface area contributed by atoms with Crippen LogP contribution < -0.4 is 0 Å². The van der Waals surface area contributed by atoms with Crippen molar-refractivity contribution in [2.45, 2.75) is 52.4 Å². The Bertz CT molecular complexity index is 125. The smallest absolute Gasteiger partial charge is 0.0348 e. The maximum absolute atomic E-state index is 6.16. The Morgan fingerprint density at radius 3 is 2.08 bits per heavy atom. The Morgan fingerprint density at radius 1 is 1.08 bits per heavy atom. The fourth-order valence-electron chi connectivity index (χ4n) is 1.12. The van der Waals surface area contributed by atoms with Crippen LogP contribution >= 0.6 is 11.6 Å². The molecular weight excluding hydrogens is 184 g/mol. The summed E-state index contributed by atoms with van der Waals surface area (Å²) in [5.74, 6) is 0. The van der Waals surface area contributed by atoms with Crippen LogP contribution in [-0.4, -0.2) is 10.2 Å². The Hall–Kier alpha value is 0.247. The SMILES string of the molecule is CCCCC([SiH3])=C(Cl)CCCC. The Morgan fingerprint density at radius 2 is 1.58 bits per heavy atom. The molecule has 0 saturated carbocycles. The molecule has 0 rings (SSSR count). The first kappa shape index (κ1) is 12.2. The second-order valence-electron chi connectivity index (χ2n) is 3.39. The van der Waals surface area contributed by atoms with Gasteiger partial charge in [-0.05, 0) is 19.3 Å². The van der Waals surface area contributed by atoms with E-state index in [0.29, 0.717) is 0 Å². The quantitative estimate of drug-likeness (QED) is 0.584. The highest BCUT2D eigenvalue weighted by atomic mass is 35.5. The van der Waals surface area contributed by atoms with Gasteiger partial charge in [0.2, 0.25) is 0 Å². The molecule has 0 amide bonds. The fraction of sp³-hybridized carbons (Fsp3) is 0.800. The average Bonchev–Trinajstić information content (AvgIpc) is 2.10. The number of halogens is 1. The highest BCUT2D eigenvalue weighted by Gasteiger charge is 1.98. The molecule has 0 heterocycles. The molecule has 0 bridgehead atoms. The van der Waals surface area contributed by atoms with E-state index in [1.165, 1.54) is 37.3 Å². The van der Waals surface area contributed by atoms with E-state index < -0.39 is 0 Å². The minimum Gasteiger partial charge on any atom is -0.0897 e. The van der Waals surface area contributed by atoms with E-state index in [-0.39, 0.29) is 0 Å². The molecule has 0 radical (unpaired) electrons. The summed E-state index contributed by atoms with van der Waals surface area (Å²) < 4.78 is 0. The normalized spacial score (nSPS) is 13.2. The van der Waals surface area contributed by atoms with Gasteiger partial charge in [-0.25, -0.2) is 0 Å². The zero-order chi connectivity index (χ0) is 9.40. The van der Waals surface area contributed by atoms with Gasteiger partial charge in [0.1, 0.15) is 0 Å². The van der Waals surface area contributed by atoms with Crippen LogP contribution in [0, 0.1) is 0 Å². The van der Waals surface area contributed by atoms with E-state index in [1.54, 1.807) is 0 Å². The summed E-state index contributed by atoms with van der Waals surface area (Å²) in [4.78, 5) is 0. The van der Waals surface area contributed by atoms with Gasteiger partial charge in [-0.3, -0.25) is 0 Å². The molecule has 12 heavy (non-hydrogen) atoms. The molecule has 0 saturated heterocycles. The Kier molecular flexibility index (Phi) is 8.04. The predicted octanol–water partition coefficient (Wildman–Crippen LogP) is 3.18. The van der Waals surface area contributed by atoms with Crippen LogP contribution in [0.1, 0.15) is 52.4 Å². The van der Waals surface area contributed by atoms with E-state index in [2.05, 4.69) is 13.8 Å². The van der Waals surface area contributed by atoms with E-state index >= 15 is 0 Å². The number of unbranched alkanes of at least 4 members (excludes halogenated alkanes) is 2. The van der Waals surface area contributed by atoms with Gasteiger partial charge in [0.05, 0.1) is 0 Å². The van der Waals surface area contributed by atoms with E-state index in [9.17, 15) is 0 Å². The first-order valence-electron chi connectivity index (χ1n) is 5.06. The summed E-state index contributed by atoms with van der Waals surface area (Å²) in [6, 6.07) is 0. The fourth-order valence-corrected chi connectivity index (χ4v) is 1.95. The van der Waals surface area contributed by atoms with Gasteiger partial charge in [0, 0.05) is 15.3 Å². The molecule has 0 fully saturated rings. The van der Waals surface area contributed by atoms with Crippen molar-refractivity contribution in [3.8, 4) is 0 Å². The van der Waals surface area contributed by atoms with Gasteiger partial charge < -0.3 is 0 Å². The second-order valence-corrected chi connectivity index (χ2v) is 5.06. The van der Waals surface area contributed by atoms with Crippen LogP contribution in [0.4, 0.5) is 0 Å². The summed E-state index contributed by atoms with van der Waals surface area (Å²) in [6.07, 6.45) is 7.44. The molecule has 0 unspecified atom stereocenters. The Balaban J connectivity index is 3.72. The van der Waals surface area contributed by atoms with Crippen molar-refractivity contribution < 1.29 is 0 Å². The monoisotopic (exact) mass is 204 g/mol. The molecule has 0 aliphatic rings. The average molecular weight is 205 g/mol. The standard InChI is InChI=1S/C10H21ClSi/c1-3-5-7-9(11)10(12)8-6-4-2/h3-8H2,1-2,12H3. The molecule has 0 atom stereocenters. The van der Waals surface area contributed by atoms with Crippen LogP contribution in [0.2, 0.25) is 0 Å². The predicted molar refractivity (Wildman–Crippen MR) is 61.9 cm³/mol. The van der Waals surface area contributed by atoms with Gasteiger partial charge in [0.25, 0.3) is 0 Å². The molecule has 0 spiro atoms. The first-order valence-corrected chi connectivity index (χ1v) is 6.44. The molecule has 0 nitrogen and oxygen atoms in total. The first-order chi connectivity index (χ1) is 5.72. The molecule has 0 aromatic carbocycles. The summed E-state index contributed by atoms with van der Waals surface area (Å²) in [5, 5.41) is 2.70. The van der Waals surface area contributed by atoms with Crippen molar-refractivity contribution >= 4 is 21.8 Å². The summed E-state index contributed by atoms with van der Waals surface area (Å²) in [7, 11) is 1.15. The van der Waals surface area contributed by atoms with Gasteiger partial charge in [-0.2, -0.15) is 0 Å². The lowest BCUT2D eigenvalue weighted by Crippen LogP contribution is -1.87. The van der Waals surface area contributed by atoms with Gasteiger partial charge >= 0.3 is 0 Å². The lowest BCUT2D eigenvalue weighted by atomic mass is 10.2. The van der Waals surface area contributed by atoms with Crippen LogP contribution in [0.15, 0.2) is 10.2 Å². The van der Waals surface area contributed by atoms with Crippen molar-refractivity contribution in [3.63, 3.8) is 0 Å². The van der Waals surface area contributed by atoms with Gasteiger partial charge in [-0.15, -0.1) is 0 Å². The maximum Gasteiger partial charge on any atom is 0.0348 e. The summed E-state index contributed by atoms with van der Waals surface area (Å²) >= 11 is 6.16. The number of hydrogen-bond donors (Lipinski definition) is 0. The molecular formula is C10H21ClSi. The van der Waals surface area contributed by atoms with Crippen LogP contribution in [0.25, 0.3) is 0 Å². The van der Waals surface area contributed by atoms with Crippen LogP contribution in [-0.2, 0) is 0 Å². The van der Waals surface area contributed by atoms with Gasteiger partial charge in [-0.1, -0.05) is 49.9 Å². The second kappa shape index (κ2) is 7.87. The highest BCUT2D eigenvalue weighted by Crippen LogP contribution is 2.18. The summed E-state index contributed by atoms with van der Waals surface area (Å²) in [5.41, 5.74) is 0. The Labute approximate surface area is 84.8 Å². The maximum atomic E-state index is 6.16. The molecule has 0 aromatic rings. The van der Waals surface area contributed by atoms with Crippen molar-refractivity contribution in [2.75, 3.05) is 0 Å². The zero-order valence-corrected chi connectivity index (χ0v) is 11.4.